The second-order valence-electron chi connectivity index (χ2n) is 6.84. The molecule has 0 bridgehead atoms. The first-order valence-electron chi connectivity index (χ1n) is 9.90. The average Bonchev–Trinajstić information content (AvgIpc) is 3.40. The van der Waals surface area contributed by atoms with E-state index in [2.05, 4.69) is 24.9 Å². The second kappa shape index (κ2) is 10.6. The average molecular weight is 456 g/mol. The summed E-state index contributed by atoms with van der Waals surface area (Å²) >= 11 is 7.91. The van der Waals surface area contributed by atoms with Crippen LogP contribution in [-0.2, 0) is 23.5 Å². The zero-order valence-corrected chi connectivity index (χ0v) is 18.6. The molecule has 4 rings (SSSR count). The number of halogens is 1. The molecule has 2 aromatic heterocycles. The molecule has 0 aliphatic carbocycles. The first kappa shape index (κ1) is 21.5. The molecule has 0 spiro atoms. The largest absolute Gasteiger partial charge is 0.385 e. The van der Waals surface area contributed by atoms with Crippen LogP contribution in [0.2, 0.25) is 5.02 Å². The van der Waals surface area contributed by atoms with Crippen molar-refractivity contribution >= 4 is 23.4 Å². The van der Waals surface area contributed by atoms with Crippen LogP contribution in [0.15, 0.2) is 64.3 Å². The Morgan fingerprint density at radius 2 is 1.87 bits per heavy atom. The fourth-order valence-corrected chi connectivity index (χ4v) is 4.15. The summed E-state index contributed by atoms with van der Waals surface area (Å²) in [7, 11) is 1.69. The molecule has 2 aromatic carbocycles. The predicted molar refractivity (Wildman–Crippen MR) is 120 cm³/mol. The van der Waals surface area contributed by atoms with Crippen LogP contribution in [0.1, 0.15) is 23.7 Å². The number of methoxy groups -OCH3 is 1. The second-order valence-corrected chi connectivity index (χ2v) is 8.19. The minimum atomic E-state index is 0.507. The van der Waals surface area contributed by atoms with Gasteiger partial charge in [-0.05, 0) is 24.1 Å². The molecule has 0 saturated heterocycles. The van der Waals surface area contributed by atoms with E-state index in [9.17, 15) is 0 Å². The summed E-state index contributed by atoms with van der Waals surface area (Å²) in [4.78, 5) is 4.51. The van der Waals surface area contributed by atoms with E-state index in [1.54, 1.807) is 7.11 Å². The van der Waals surface area contributed by atoms with Crippen molar-refractivity contribution in [3.8, 4) is 11.4 Å². The van der Waals surface area contributed by atoms with E-state index in [1.807, 2.05) is 54.6 Å². The number of thioether (sulfide) groups is 1. The Labute approximate surface area is 189 Å². The first-order valence-corrected chi connectivity index (χ1v) is 11.3. The highest BCUT2D eigenvalue weighted by Crippen LogP contribution is 2.30. The quantitative estimate of drug-likeness (QED) is 0.248. The number of nitrogens with zero attached hydrogens (tertiary/aromatic N) is 5. The third kappa shape index (κ3) is 5.52. The molecule has 0 fully saturated rings. The van der Waals surface area contributed by atoms with E-state index >= 15 is 0 Å². The topological polar surface area (TPSA) is 78.9 Å². The lowest BCUT2D eigenvalue weighted by Gasteiger charge is -2.10. The van der Waals surface area contributed by atoms with E-state index in [-0.39, 0.29) is 0 Å². The third-order valence-electron chi connectivity index (χ3n) is 4.60. The van der Waals surface area contributed by atoms with E-state index in [4.69, 9.17) is 20.9 Å². The molecule has 2 heterocycles. The standard InChI is InChI=1S/C22H22ClN5O2S/c1-29-13-7-12-28-21(17-10-5-6-11-18(17)23)25-26-22(28)31-15-20-24-19(27-30-20)14-16-8-3-2-4-9-16/h2-6,8-11H,7,12-15H2,1H3. The van der Waals surface area contributed by atoms with Gasteiger partial charge in [0.15, 0.2) is 16.8 Å². The smallest absolute Gasteiger partial charge is 0.237 e. The molecule has 0 aliphatic heterocycles. The van der Waals surface area contributed by atoms with Gasteiger partial charge in [-0.15, -0.1) is 10.2 Å². The number of benzene rings is 2. The van der Waals surface area contributed by atoms with Gasteiger partial charge in [0.25, 0.3) is 0 Å². The Morgan fingerprint density at radius 3 is 2.68 bits per heavy atom. The maximum absolute atomic E-state index is 6.40. The zero-order chi connectivity index (χ0) is 21.5. The Kier molecular flexibility index (Phi) is 7.35. The Bertz CT molecular complexity index is 1120. The third-order valence-corrected chi connectivity index (χ3v) is 5.88. The predicted octanol–water partition coefficient (Wildman–Crippen LogP) is 4.90. The molecule has 160 valence electrons. The summed E-state index contributed by atoms with van der Waals surface area (Å²) in [6.45, 7) is 1.36. The van der Waals surface area contributed by atoms with Crippen molar-refractivity contribution in [1.82, 2.24) is 24.9 Å². The molecule has 0 aliphatic rings. The monoisotopic (exact) mass is 455 g/mol. The van der Waals surface area contributed by atoms with Gasteiger partial charge in [0, 0.05) is 32.2 Å². The molecular formula is C22H22ClN5O2S. The molecule has 31 heavy (non-hydrogen) atoms. The molecule has 0 radical (unpaired) electrons. The van der Waals surface area contributed by atoms with Crippen molar-refractivity contribution in [3.63, 3.8) is 0 Å². The van der Waals surface area contributed by atoms with Gasteiger partial charge in [-0.3, -0.25) is 0 Å². The number of ether oxygens (including phenoxy) is 1. The number of rotatable bonds is 10. The van der Waals surface area contributed by atoms with Crippen LogP contribution in [0.25, 0.3) is 11.4 Å². The van der Waals surface area contributed by atoms with E-state index < -0.39 is 0 Å². The Balaban J connectivity index is 1.48. The maximum Gasteiger partial charge on any atom is 0.237 e. The first-order chi connectivity index (χ1) is 15.2. The highest BCUT2D eigenvalue weighted by Gasteiger charge is 2.17. The Morgan fingerprint density at radius 1 is 1.06 bits per heavy atom. The molecule has 0 saturated carbocycles. The van der Waals surface area contributed by atoms with Gasteiger partial charge in [0.2, 0.25) is 5.89 Å². The van der Waals surface area contributed by atoms with Crippen LogP contribution in [0, 0.1) is 0 Å². The highest BCUT2D eigenvalue weighted by molar-refractivity contribution is 7.98. The van der Waals surface area contributed by atoms with Gasteiger partial charge in [0.1, 0.15) is 0 Å². The van der Waals surface area contributed by atoms with Gasteiger partial charge < -0.3 is 13.8 Å². The minimum absolute atomic E-state index is 0.507. The fraction of sp³-hybridized carbons (Fsp3) is 0.273. The van der Waals surface area contributed by atoms with Crippen molar-refractivity contribution in [2.45, 2.75) is 30.3 Å². The molecule has 0 unspecified atom stereocenters. The maximum atomic E-state index is 6.40. The van der Waals surface area contributed by atoms with Crippen molar-refractivity contribution in [2.24, 2.45) is 0 Å². The summed E-state index contributed by atoms with van der Waals surface area (Å²) in [6.07, 6.45) is 1.47. The summed E-state index contributed by atoms with van der Waals surface area (Å²) < 4.78 is 12.7. The van der Waals surface area contributed by atoms with Gasteiger partial charge in [-0.2, -0.15) is 4.98 Å². The van der Waals surface area contributed by atoms with Crippen LogP contribution in [-0.4, -0.2) is 38.6 Å². The Hall–Kier alpha value is -2.68. The van der Waals surface area contributed by atoms with Crippen molar-refractivity contribution in [3.05, 3.63) is 76.9 Å². The van der Waals surface area contributed by atoms with Gasteiger partial charge in [0.05, 0.1) is 10.8 Å². The van der Waals surface area contributed by atoms with Crippen LogP contribution in [0.3, 0.4) is 0 Å². The molecule has 9 heteroatoms. The van der Waals surface area contributed by atoms with E-state index in [1.165, 1.54) is 11.8 Å². The van der Waals surface area contributed by atoms with Crippen molar-refractivity contribution < 1.29 is 9.26 Å². The van der Waals surface area contributed by atoms with E-state index in [0.717, 1.165) is 28.5 Å². The molecule has 0 amide bonds. The SMILES string of the molecule is COCCCn1c(SCc2nc(Cc3ccccc3)no2)nnc1-c1ccccc1Cl. The normalized spacial score (nSPS) is 11.2. The van der Waals surface area contributed by atoms with Crippen LogP contribution in [0.4, 0.5) is 0 Å². The molecule has 0 atom stereocenters. The van der Waals surface area contributed by atoms with Crippen LogP contribution in [0.5, 0.6) is 0 Å². The van der Waals surface area contributed by atoms with E-state index in [0.29, 0.717) is 42.1 Å². The summed E-state index contributed by atoms with van der Waals surface area (Å²) in [6, 6.07) is 17.7. The molecular weight excluding hydrogens is 434 g/mol. The van der Waals surface area contributed by atoms with Gasteiger partial charge >= 0.3 is 0 Å². The fourth-order valence-electron chi connectivity index (χ4n) is 3.13. The molecule has 0 N–H and O–H groups in total. The van der Waals surface area contributed by atoms with Crippen LogP contribution >= 0.6 is 23.4 Å². The summed E-state index contributed by atoms with van der Waals surface area (Å²) in [5, 5.41) is 14.3. The van der Waals surface area contributed by atoms with Crippen molar-refractivity contribution in [1.29, 1.82) is 0 Å². The lowest BCUT2D eigenvalue weighted by molar-refractivity contribution is 0.189. The molecule has 7 nitrogen and oxygen atoms in total. The van der Waals surface area contributed by atoms with Gasteiger partial charge in [-0.25, -0.2) is 0 Å². The van der Waals surface area contributed by atoms with Gasteiger partial charge in [-0.1, -0.05) is 71.0 Å². The number of hydrogen-bond donors (Lipinski definition) is 0. The summed E-state index contributed by atoms with van der Waals surface area (Å²) in [5.74, 6) is 2.47. The summed E-state index contributed by atoms with van der Waals surface area (Å²) in [5.41, 5.74) is 1.99. The number of hydrogen-bond acceptors (Lipinski definition) is 7. The minimum Gasteiger partial charge on any atom is -0.385 e. The lowest BCUT2D eigenvalue weighted by Crippen LogP contribution is -2.05. The lowest BCUT2D eigenvalue weighted by atomic mass is 10.1. The highest BCUT2D eigenvalue weighted by atomic mass is 35.5. The molecule has 4 aromatic rings. The zero-order valence-electron chi connectivity index (χ0n) is 17.1. The van der Waals surface area contributed by atoms with Crippen LogP contribution < -0.4 is 0 Å². The van der Waals surface area contributed by atoms with Crippen molar-refractivity contribution in [2.75, 3.05) is 13.7 Å². The number of aromatic nitrogens is 5.